The molecule has 0 amide bonds. The van der Waals surface area contributed by atoms with Crippen LogP contribution in [-0.4, -0.2) is 28.1 Å². The highest BCUT2D eigenvalue weighted by molar-refractivity contribution is 7.89. The summed E-state index contributed by atoms with van der Waals surface area (Å²) in [5.41, 5.74) is -0.994. The Hall–Kier alpha value is -2.30. The van der Waals surface area contributed by atoms with Gasteiger partial charge in [-0.15, -0.1) is 11.3 Å². The minimum Gasteiger partial charge on any atom is -0.288 e. The molecule has 2 heterocycles. The van der Waals surface area contributed by atoms with E-state index in [0.29, 0.717) is 5.52 Å². The summed E-state index contributed by atoms with van der Waals surface area (Å²) in [7, 11) is -2.36. The molecular formula is C18H20N4O4S2. The topological polar surface area (TPSA) is 103 Å². The van der Waals surface area contributed by atoms with Gasteiger partial charge in [-0.25, -0.2) is 22.9 Å². The molecule has 148 valence electrons. The lowest BCUT2D eigenvalue weighted by Gasteiger charge is -2.14. The van der Waals surface area contributed by atoms with Crippen molar-refractivity contribution in [2.75, 3.05) is 0 Å². The molecule has 0 unspecified atom stereocenters. The summed E-state index contributed by atoms with van der Waals surface area (Å²) in [4.78, 5) is 30.4. The van der Waals surface area contributed by atoms with Gasteiger partial charge in [0.15, 0.2) is 0 Å². The maximum Gasteiger partial charge on any atom is 0.331 e. The van der Waals surface area contributed by atoms with Gasteiger partial charge in [-0.2, -0.15) is 0 Å². The number of fused-ring (bicyclic) bond motifs is 1. The average Bonchev–Trinajstić information content (AvgIpc) is 3.20. The molecule has 1 N–H and O–H groups in total. The van der Waals surface area contributed by atoms with Crippen molar-refractivity contribution in [3.63, 3.8) is 0 Å². The predicted octanol–water partition coefficient (Wildman–Crippen LogP) is 1.34. The second-order valence-electron chi connectivity index (χ2n) is 7.42. The zero-order valence-electron chi connectivity index (χ0n) is 15.7. The minimum atomic E-state index is -3.75. The molecule has 28 heavy (non-hydrogen) atoms. The number of rotatable bonds is 5. The summed E-state index contributed by atoms with van der Waals surface area (Å²) in [5, 5.41) is 1.07. The number of aromatic nitrogens is 3. The van der Waals surface area contributed by atoms with Crippen LogP contribution in [0, 0.1) is 6.92 Å². The van der Waals surface area contributed by atoms with Gasteiger partial charge in [0.25, 0.3) is 5.56 Å². The third kappa shape index (κ3) is 3.31. The third-order valence-corrected chi connectivity index (χ3v) is 7.52. The first-order valence-electron chi connectivity index (χ1n) is 8.79. The zero-order valence-corrected chi connectivity index (χ0v) is 17.4. The van der Waals surface area contributed by atoms with Gasteiger partial charge in [0.1, 0.15) is 0 Å². The summed E-state index contributed by atoms with van der Waals surface area (Å²) in [6, 6.07) is 4.30. The number of benzene rings is 1. The lowest BCUT2D eigenvalue weighted by molar-refractivity contribution is 0.558. The Labute approximate surface area is 165 Å². The molecule has 0 radical (unpaired) electrons. The molecule has 0 saturated heterocycles. The molecule has 1 saturated carbocycles. The highest BCUT2D eigenvalue weighted by Gasteiger charge is 2.41. The van der Waals surface area contributed by atoms with Gasteiger partial charge in [-0.05, 0) is 44.9 Å². The van der Waals surface area contributed by atoms with E-state index >= 15 is 0 Å². The van der Waals surface area contributed by atoms with Gasteiger partial charge >= 0.3 is 5.69 Å². The van der Waals surface area contributed by atoms with Crippen molar-refractivity contribution in [2.45, 2.75) is 43.7 Å². The SMILES string of the molecule is Cc1ncc(Cn2c(=O)n(C)c(=O)c3cc(S(=O)(=O)NC4(C)CC4)ccc32)s1. The number of thiazole rings is 1. The van der Waals surface area contributed by atoms with Gasteiger partial charge < -0.3 is 0 Å². The maximum atomic E-state index is 12.7. The van der Waals surface area contributed by atoms with Crippen molar-refractivity contribution in [3.8, 4) is 0 Å². The summed E-state index contributed by atoms with van der Waals surface area (Å²) in [5.74, 6) is 0. The lowest BCUT2D eigenvalue weighted by Crippen LogP contribution is -2.38. The summed E-state index contributed by atoms with van der Waals surface area (Å²) < 4.78 is 30.5. The quantitative estimate of drug-likeness (QED) is 0.671. The Morgan fingerprint density at radius 3 is 2.61 bits per heavy atom. The monoisotopic (exact) mass is 420 g/mol. The predicted molar refractivity (Wildman–Crippen MR) is 107 cm³/mol. The highest BCUT2D eigenvalue weighted by atomic mass is 32.2. The van der Waals surface area contributed by atoms with E-state index in [0.717, 1.165) is 27.3 Å². The van der Waals surface area contributed by atoms with E-state index in [2.05, 4.69) is 9.71 Å². The summed E-state index contributed by atoms with van der Waals surface area (Å²) in [6.45, 7) is 3.98. The van der Waals surface area contributed by atoms with E-state index in [-0.39, 0.29) is 16.8 Å². The van der Waals surface area contributed by atoms with E-state index in [1.54, 1.807) is 6.20 Å². The third-order valence-electron chi connectivity index (χ3n) is 4.99. The van der Waals surface area contributed by atoms with Crippen LogP contribution in [0.1, 0.15) is 29.7 Å². The smallest absolute Gasteiger partial charge is 0.288 e. The van der Waals surface area contributed by atoms with Crippen LogP contribution in [0.25, 0.3) is 10.9 Å². The standard InChI is InChI=1S/C18H20N4O4S2/c1-11-19-9-12(27-11)10-22-15-5-4-13(28(25,26)20-18(2)6-7-18)8-14(15)16(23)21(3)17(22)24/h4-5,8-9,20H,6-7,10H2,1-3H3. The van der Waals surface area contributed by atoms with Gasteiger partial charge in [0, 0.05) is 23.7 Å². The van der Waals surface area contributed by atoms with Crippen LogP contribution in [-0.2, 0) is 23.6 Å². The number of sulfonamides is 1. The summed E-state index contributed by atoms with van der Waals surface area (Å²) in [6.07, 6.45) is 3.27. The van der Waals surface area contributed by atoms with Gasteiger partial charge in [0.05, 0.1) is 27.4 Å². The van der Waals surface area contributed by atoms with Crippen molar-refractivity contribution >= 4 is 32.3 Å². The summed E-state index contributed by atoms with van der Waals surface area (Å²) >= 11 is 1.47. The van der Waals surface area contributed by atoms with Crippen molar-refractivity contribution in [1.82, 2.24) is 18.8 Å². The molecule has 1 aliphatic carbocycles. The first-order chi connectivity index (χ1) is 13.1. The van der Waals surface area contributed by atoms with E-state index in [9.17, 15) is 18.0 Å². The Morgan fingerprint density at radius 2 is 2.00 bits per heavy atom. The van der Waals surface area contributed by atoms with Crippen LogP contribution >= 0.6 is 11.3 Å². The molecule has 4 rings (SSSR count). The highest BCUT2D eigenvalue weighted by Crippen LogP contribution is 2.36. The average molecular weight is 421 g/mol. The van der Waals surface area contributed by atoms with Crippen molar-refractivity contribution in [2.24, 2.45) is 7.05 Å². The molecular weight excluding hydrogens is 400 g/mol. The van der Waals surface area contributed by atoms with Gasteiger partial charge in [0.2, 0.25) is 10.0 Å². The van der Waals surface area contributed by atoms with Crippen molar-refractivity contribution in [3.05, 3.63) is 55.1 Å². The molecule has 0 atom stereocenters. The number of hydrogen-bond acceptors (Lipinski definition) is 6. The van der Waals surface area contributed by atoms with E-state index in [1.807, 2.05) is 13.8 Å². The molecule has 1 fully saturated rings. The molecule has 1 aromatic carbocycles. The Balaban J connectivity index is 1.87. The Kier molecular flexibility index (Phi) is 4.32. The number of hydrogen-bond donors (Lipinski definition) is 1. The van der Waals surface area contributed by atoms with Gasteiger partial charge in [-0.3, -0.25) is 13.9 Å². The van der Waals surface area contributed by atoms with Crippen LogP contribution in [0.4, 0.5) is 0 Å². The van der Waals surface area contributed by atoms with Crippen LogP contribution in [0.2, 0.25) is 0 Å². The fraction of sp³-hybridized carbons (Fsp3) is 0.389. The molecule has 1 aliphatic rings. The first-order valence-corrected chi connectivity index (χ1v) is 11.1. The Bertz CT molecular complexity index is 1310. The second-order valence-corrected chi connectivity index (χ2v) is 10.4. The first kappa shape index (κ1) is 19.0. The van der Waals surface area contributed by atoms with Crippen LogP contribution < -0.4 is 16.0 Å². The van der Waals surface area contributed by atoms with Crippen molar-refractivity contribution < 1.29 is 8.42 Å². The number of nitrogens with one attached hydrogen (secondary N) is 1. The van der Waals surface area contributed by atoms with E-state index < -0.39 is 26.8 Å². The zero-order chi connectivity index (χ0) is 20.3. The van der Waals surface area contributed by atoms with E-state index in [1.165, 1.54) is 41.2 Å². The van der Waals surface area contributed by atoms with Crippen LogP contribution in [0.5, 0.6) is 0 Å². The molecule has 8 nitrogen and oxygen atoms in total. The molecule has 0 aliphatic heterocycles. The number of aryl methyl sites for hydroxylation is 1. The second kappa shape index (κ2) is 6.36. The molecule has 0 bridgehead atoms. The lowest BCUT2D eigenvalue weighted by atomic mass is 10.2. The van der Waals surface area contributed by atoms with Crippen LogP contribution in [0.15, 0.2) is 38.9 Å². The fourth-order valence-electron chi connectivity index (χ4n) is 3.10. The van der Waals surface area contributed by atoms with Gasteiger partial charge in [-0.1, -0.05) is 0 Å². The minimum absolute atomic E-state index is 0.0176. The number of nitrogens with zero attached hydrogens (tertiary/aromatic N) is 3. The van der Waals surface area contributed by atoms with Crippen molar-refractivity contribution in [1.29, 1.82) is 0 Å². The molecule has 3 aromatic rings. The van der Waals surface area contributed by atoms with Crippen LogP contribution in [0.3, 0.4) is 0 Å². The molecule has 0 spiro atoms. The maximum absolute atomic E-state index is 12.7. The molecule has 2 aromatic heterocycles. The Morgan fingerprint density at radius 1 is 1.29 bits per heavy atom. The largest absolute Gasteiger partial charge is 0.331 e. The molecule has 10 heteroatoms. The van der Waals surface area contributed by atoms with E-state index in [4.69, 9.17) is 0 Å². The fourth-order valence-corrected chi connectivity index (χ4v) is 5.38. The normalized spacial score (nSPS) is 15.8.